The van der Waals surface area contributed by atoms with Gasteiger partial charge in [-0.25, -0.2) is 4.79 Å². The molecule has 138 valence electrons. The summed E-state index contributed by atoms with van der Waals surface area (Å²) in [5.41, 5.74) is 0.698. The number of halogens is 1. The first-order chi connectivity index (χ1) is 12.0. The van der Waals surface area contributed by atoms with Crippen LogP contribution in [0.3, 0.4) is 0 Å². The molecule has 1 saturated carbocycles. The standard InChI is InChI=1S/C19H28ClN3O2/c1-14(2)25-18-8-7-15(13-17(18)20)21-19(24)23-11-9-22(10-12-23)16-5-3-4-6-16/h7-8,13-14,16H,3-6,9-12H2,1-2H3,(H,21,24). The summed E-state index contributed by atoms with van der Waals surface area (Å²) in [7, 11) is 0. The van der Waals surface area contributed by atoms with Crippen molar-refractivity contribution in [3.8, 4) is 5.75 Å². The van der Waals surface area contributed by atoms with Crippen molar-refractivity contribution in [3.63, 3.8) is 0 Å². The average Bonchev–Trinajstić information content (AvgIpc) is 3.12. The topological polar surface area (TPSA) is 44.8 Å². The molecule has 2 amide bonds. The molecule has 5 nitrogen and oxygen atoms in total. The highest BCUT2D eigenvalue weighted by atomic mass is 35.5. The molecule has 2 aliphatic rings. The zero-order valence-electron chi connectivity index (χ0n) is 15.1. The lowest BCUT2D eigenvalue weighted by atomic mass is 10.2. The maximum Gasteiger partial charge on any atom is 0.321 e. The number of piperazine rings is 1. The highest BCUT2D eigenvalue weighted by molar-refractivity contribution is 6.32. The molecule has 1 saturated heterocycles. The normalized spacial score (nSPS) is 19.4. The summed E-state index contributed by atoms with van der Waals surface area (Å²) >= 11 is 6.24. The molecule has 6 heteroatoms. The van der Waals surface area contributed by atoms with Crippen LogP contribution in [0.25, 0.3) is 0 Å². The number of benzene rings is 1. The number of carbonyl (C=O) groups excluding carboxylic acids is 1. The van der Waals surface area contributed by atoms with Crippen LogP contribution >= 0.6 is 11.6 Å². The molecular weight excluding hydrogens is 338 g/mol. The first-order valence-corrected chi connectivity index (χ1v) is 9.67. The highest BCUT2D eigenvalue weighted by Crippen LogP contribution is 2.29. The van der Waals surface area contributed by atoms with Gasteiger partial charge in [-0.15, -0.1) is 0 Å². The van der Waals surface area contributed by atoms with Crippen molar-refractivity contribution in [1.82, 2.24) is 9.80 Å². The van der Waals surface area contributed by atoms with Crippen molar-refractivity contribution in [2.24, 2.45) is 0 Å². The Balaban J connectivity index is 1.51. The number of urea groups is 1. The molecule has 0 aromatic heterocycles. The van der Waals surface area contributed by atoms with Crippen LogP contribution in [0.5, 0.6) is 5.75 Å². The van der Waals surface area contributed by atoms with Crippen LogP contribution in [0.15, 0.2) is 18.2 Å². The molecule has 25 heavy (non-hydrogen) atoms. The van der Waals surface area contributed by atoms with Crippen molar-refractivity contribution in [2.75, 3.05) is 31.5 Å². The third-order valence-corrected chi connectivity index (χ3v) is 5.28. The summed E-state index contributed by atoms with van der Waals surface area (Å²) in [6.07, 6.45) is 5.39. The smallest absolute Gasteiger partial charge is 0.321 e. The molecule has 0 unspecified atom stereocenters. The lowest BCUT2D eigenvalue weighted by Gasteiger charge is -2.38. The SMILES string of the molecule is CC(C)Oc1ccc(NC(=O)N2CCN(C3CCCC3)CC2)cc1Cl. The first-order valence-electron chi connectivity index (χ1n) is 9.29. The summed E-state index contributed by atoms with van der Waals surface area (Å²) in [4.78, 5) is 16.9. The van der Waals surface area contributed by atoms with E-state index < -0.39 is 0 Å². The van der Waals surface area contributed by atoms with Crippen molar-refractivity contribution in [2.45, 2.75) is 51.7 Å². The van der Waals surface area contributed by atoms with E-state index in [0.29, 0.717) is 16.5 Å². The molecule has 0 atom stereocenters. The average molecular weight is 366 g/mol. The van der Waals surface area contributed by atoms with E-state index in [2.05, 4.69) is 10.2 Å². The lowest BCUT2D eigenvalue weighted by molar-refractivity contribution is 0.115. The summed E-state index contributed by atoms with van der Waals surface area (Å²) in [5, 5.41) is 3.46. The van der Waals surface area contributed by atoms with Crippen LogP contribution < -0.4 is 10.1 Å². The second-order valence-electron chi connectivity index (χ2n) is 7.20. The predicted octanol–water partition coefficient (Wildman–Crippen LogP) is 4.22. The van der Waals surface area contributed by atoms with Gasteiger partial charge >= 0.3 is 6.03 Å². The van der Waals surface area contributed by atoms with Gasteiger partial charge < -0.3 is 15.0 Å². The second-order valence-corrected chi connectivity index (χ2v) is 7.61. The van der Waals surface area contributed by atoms with E-state index in [0.717, 1.165) is 32.2 Å². The van der Waals surface area contributed by atoms with E-state index in [9.17, 15) is 4.79 Å². The number of nitrogens with zero attached hydrogens (tertiary/aromatic N) is 2. The van der Waals surface area contributed by atoms with Gasteiger partial charge in [0.05, 0.1) is 11.1 Å². The molecule has 1 N–H and O–H groups in total. The van der Waals surface area contributed by atoms with E-state index >= 15 is 0 Å². The van der Waals surface area contributed by atoms with E-state index in [4.69, 9.17) is 16.3 Å². The van der Waals surface area contributed by atoms with Crippen LogP contribution in [-0.2, 0) is 0 Å². The quantitative estimate of drug-likeness (QED) is 0.868. The van der Waals surface area contributed by atoms with Gasteiger partial charge in [0.15, 0.2) is 0 Å². The summed E-state index contributed by atoms with van der Waals surface area (Å²) < 4.78 is 5.62. The number of carbonyl (C=O) groups is 1. The fourth-order valence-corrected chi connectivity index (χ4v) is 3.92. The van der Waals surface area contributed by atoms with Gasteiger partial charge in [-0.1, -0.05) is 24.4 Å². The fraction of sp³-hybridized carbons (Fsp3) is 0.632. The van der Waals surface area contributed by atoms with Gasteiger partial charge in [0, 0.05) is 37.9 Å². The van der Waals surface area contributed by atoms with Gasteiger partial charge in [0.1, 0.15) is 5.75 Å². The Hall–Kier alpha value is -1.46. The largest absolute Gasteiger partial charge is 0.489 e. The number of ether oxygens (including phenoxy) is 1. The van der Waals surface area contributed by atoms with Gasteiger partial charge in [-0.05, 0) is 44.9 Å². The van der Waals surface area contributed by atoms with Crippen LogP contribution in [0.1, 0.15) is 39.5 Å². The Labute approximate surface area is 155 Å². The summed E-state index contributed by atoms with van der Waals surface area (Å²) in [6, 6.07) is 6.05. The van der Waals surface area contributed by atoms with Gasteiger partial charge in [-0.2, -0.15) is 0 Å². The van der Waals surface area contributed by atoms with Gasteiger partial charge in [0.2, 0.25) is 0 Å². The molecule has 0 radical (unpaired) electrons. The van der Waals surface area contributed by atoms with Crippen molar-refractivity contribution in [1.29, 1.82) is 0 Å². The first kappa shape index (κ1) is 18.3. The fourth-order valence-electron chi connectivity index (χ4n) is 3.69. The molecule has 1 aliphatic carbocycles. The Morgan fingerprint density at radius 1 is 1.20 bits per heavy atom. The Morgan fingerprint density at radius 3 is 2.48 bits per heavy atom. The van der Waals surface area contributed by atoms with Crippen molar-refractivity contribution < 1.29 is 9.53 Å². The maximum absolute atomic E-state index is 12.5. The minimum absolute atomic E-state index is 0.0559. The summed E-state index contributed by atoms with van der Waals surface area (Å²) in [6.45, 7) is 7.42. The Morgan fingerprint density at radius 2 is 1.88 bits per heavy atom. The lowest BCUT2D eigenvalue weighted by Crippen LogP contribution is -2.52. The molecule has 1 aromatic rings. The third-order valence-electron chi connectivity index (χ3n) is 4.99. The van der Waals surface area contributed by atoms with E-state index in [1.165, 1.54) is 25.7 Å². The molecule has 0 bridgehead atoms. The van der Waals surface area contributed by atoms with Gasteiger partial charge in [0.25, 0.3) is 0 Å². The zero-order valence-corrected chi connectivity index (χ0v) is 15.9. The highest BCUT2D eigenvalue weighted by Gasteiger charge is 2.27. The Bertz CT molecular complexity index is 594. The maximum atomic E-state index is 12.5. The number of hydrogen-bond acceptors (Lipinski definition) is 3. The Kier molecular flexibility index (Phi) is 6.07. The predicted molar refractivity (Wildman–Crippen MR) is 102 cm³/mol. The number of anilines is 1. The number of hydrogen-bond donors (Lipinski definition) is 1. The van der Waals surface area contributed by atoms with Crippen LogP contribution in [-0.4, -0.2) is 54.2 Å². The van der Waals surface area contributed by atoms with E-state index in [-0.39, 0.29) is 12.1 Å². The molecule has 3 rings (SSSR count). The molecule has 1 heterocycles. The van der Waals surface area contributed by atoms with Crippen LogP contribution in [0, 0.1) is 0 Å². The molecule has 1 aliphatic heterocycles. The van der Waals surface area contributed by atoms with Crippen molar-refractivity contribution >= 4 is 23.3 Å². The van der Waals surface area contributed by atoms with Crippen molar-refractivity contribution in [3.05, 3.63) is 23.2 Å². The second kappa shape index (κ2) is 8.28. The van der Waals surface area contributed by atoms with E-state index in [1.54, 1.807) is 12.1 Å². The molecule has 1 aromatic carbocycles. The number of rotatable bonds is 4. The van der Waals surface area contributed by atoms with Crippen LogP contribution in [0.2, 0.25) is 5.02 Å². The zero-order chi connectivity index (χ0) is 17.8. The number of amides is 2. The van der Waals surface area contributed by atoms with Gasteiger partial charge in [-0.3, -0.25) is 4.90 Å². The third kappa shape index (κ3) is 4.79. The number of nitrogens with one attached hydrogen (secondary N) is 1. The monoisotopic (exact) mass is 365 g/mol. The minimum atomic E-state index is -0.0559. The molecule has 0 spiro atoms. The minimum Gasteiger partial charge on any atom is -0.489 e. The van der Waals surface area contributed by atoms with Crippen LogP contribution in [0.4, 0.5) is 10.5 Å². The molecular formula is C19H28ClN3O2. The van der Waals surface area contributed by atoms with E-state index in [1.807, 2.05) is 24.8 Å². The summed E-state index contributed by atoms with van der Waals surface area (Å²) in [5.74, 6) is 0.639. The molecule has 2 fully saturated rings.